The number of sulfonamides is 1. The molecule has 0 bridgehead atoms. The van der Waals surface area contributed by atoms with E-state index in [-0.39, 0.29) is 17.8 Å². The molecular weight excluding hydrogens is 292 g/mol. The average Bonchev–Trinajstić information content (AvgIpc) is 3.06. The van der Waals surface area contributed by atoms with Gasteiger partial charge in [0.25, 0.3) is 0 Å². The summed E-state index contributed by atoms with van der Waals surface area (Å²) in [6, 6.07) is 1.96. The molecule has 6 nitrogen and oxygen atoms in total. The molecule has 0 unspecified atom stereocenters. The van der Waals surface area contributed by atoms with Gasteiger partial charge in [-0.1, -0.05) is 0 Å². The standard InChI is InChI=1S/C14H22N2O4S/c1-2-21(17,18)16-9-13-8-15(4-6-20-14(13)10-16)7-12-3-5-19-11-12/h3,5,11,13-14H,2,4,6-10H2,1H3/t13-,14+/m1/s1. The highest BCUT2D eigenvalue weighted by Crippen LogP contribution is 2.26. The Balaban J connectivity index is 1.65. The van der Waals surface area contributed by atoms with E-state index in [2.05, 4.69) is 4.90 Å². The summed E-state index contributed by atoms with van der Waals surface area (Å²) in [5.41, 5.74) is 1.14. The van der Waals surface area contributed by atoms with Crippen molar-refractivity contribution in [3.05, 3.63) is 24.2 Å². The third-order valence-corrected chi connectivity index (χ3v) is 6.14. The Morgan fingerprint density at radius 1 is 1.33 bits per heavy atom. The molecule has 2 aliphatic rings. The van der Waals surface area contributed by atoms with Gasteiger partial charge in [0.2, 0.25) is 10.0 Å². The van der Waals surface area contributed by atoms with Gasteiger partial charge in [0, 0.05) is 44.2 Å². The molecule has 0 radical (unpaired) electrons. The summed E-state index contributed by atoms with van der Waals surface area (Å²) in [5.74, 6) is 0.409. The lowest BCUT2D eigenvalue weighted by Gasteiger charge is -2.22. The Morgan fingerprint density at radius 3 is 2.90 bits per heavy atom. The lowest BCUT2D eigenvalue weighted by Crippen LogP contribution is -2.34. The molecular formula is C14H22N2O4S. The number of rotatable bonds is 4. The number of fused-ring (bicyclic) bond motifs is 1. The molecule has 0 saturated carbocycles. The lowest BCUT2D eigenvalue weighted by molar-refractivity contribution is 0.0546. The third-order valence-electron chi connectivity index (χ3n) is 4.32. The van der Waals surface area contributed by atoms with E-state index in [9.17, 15) is 8.42 Å². The van der Waals surface area contributed by atoms with Crippen LogP contribution in [0, 0.1) is 5.92 Å². The molecule has 2 saturated heterocycles. The minimum atomic E-state index is -3.12. The first-order valence-corrected chi connectivity index (χ1v) is 9.02. The van der Waals surface area contributed by atoms with Gasteiger partial charge in [-0.3, -0.25) is 4.90 Å². The van der Waals surface area contributed by atoms with Crippen LogP contribution in [0.2, 0.25) is 0 Å². The van der Waals surface area contributed by atoms with Crippen LogP contribution >= 0.6 is 0 Å². The van der Waals surface area contributed by atoms with Gasteiger partial charge < -0.3 is 9.15 Å². The van der Waals surface area contributed by atoms with Gasteiger partial charge >= 0.3 is 0 Å². The Labute approximate surface area is 125 Å². The van der Waals surface area contributed by atoms with Crippen molar-refractivity contribution in [3.8, 4) is 0 Å². The summed E-state index contributed by atoms with van der Waals surface area (Å²) in [5, 5.41) is 0. The van der Waals surface area contributed by atoms with Crippen molar-refractivity contribution in [1.29, 1.82) is 0 Å². The van der Waals surface area contributed by atoms with Crippen LogP contribution in [0.1, 0.15) is 12.5 Å². The molecule has 7 heteroatoms. The van der Waals surface area contributed by atoms with Crippen molar-refractivity contribution in [2.75, 3.05) is 38.5 Å². The first kappa shape index (κ1) is 15.0. The fraction of sp³-hybridized carbons (Fsp3) is 0.714. The van der Waals surface area contributed by atoms with Crippen molar-refractivity contribution < 1.29 is 17.6 Å². The smallest absolute Gasteiger partial charge is 0.213 e. The molecule has 3 rings (SSSR count). The zero-order valence-electron chi connectivity index (χ0n) is 12.3. The van der Waals surface area contributed by atoms with Crippen molar-refractivity contribution >= 4 is 10.0 Å². The van der Waals surface area contributed by atoms with Crippen molar-refractivity contribution in [2.24, 2.45) is 5.92 Å². The van der Waals surface area contributed by atoms with Crippen LogP contribution in [-0.4, -0.2) is 62.3 Å². The predicted molar refractivity (Wildman–Crippen MR) is 78.2 cm³/mol. The first-order chi connectivity index (χ1) is 10.1. The van der Waals surface area contributed by atoms with E-state index in [1.54, 1.807) is 23.8 Å². The SMILES string of the molecule is CCS(=O)(=O)N1C[C@H]2CN(Cc3ccoc3)CCO[C@H]2C1. The molecule has 0 amide bonds. The van der Waals surface area contributed by atoms with Crippen LogP contribution in [-0.2, 0) is 21.3 Å². The molecule has 0 spiro atoms. The zero-order chi connectivity index (χ0) is 14.9. The van der Waals surface area contributed by atoms with Crippen LogP contribution in [0.25, 0.3) is 0 Å². The summed E-state index contributed by atoms with van der Waals surface area (Å²) >= 11 is 0. The van der Waals surface area contributed by atoms with Crippen LogP contribution in [0.4, 0.5) is 0 Å². The second kappa shape index (κ2) is 6.08. The van der Waals surface area contributed by atoms with Crippen molar-refractivity contribution in [1.82, 2.24) is 9.21 Å². The normalized spacial score (nSPS) is 28.4. The van der Waals surface area contributed by atoms with Gasteiger partial charge in [-0.2, -0.15) is 4.31 Å². The Morgan fingerprint density at radius 2 is 2.19 bits per heavy atom. The van der Waals surface area contributed by atoms with Gasteiger partial charge in [-0.05, 0) is 13.0 Å². The van der Waals surface area contributed by atoms with Crippen LogP contribution < -0.4 is 0 Å². The number of hydrogen-bond donors (Lipinski definition) is 0. The summed E-state index contributed by atoms with van der Waals surface area (Å²) in [7, 11) is -3.12. The lowest BCUT2D eigenvalue weighted by atomic mass is 10.1. The number of ether oxygens (including phenoxy) is 1. The van der Waals surface area contributed by atoms with Gasteiger partial charge in [0.1, 0.15) is 0 Å². The highest BCUT2D eigenvalue weighted by atomic mass is 32.2. The van der Waals surface area contributed by atoms with E-state index in [4.69, 9.17) is 9.15 Å². The molecule has 3 heterocycles. The zero-order valence-corrected chi connectivity index (χ0v) is 13.1. The quantitative estimate of drug-likeness (QED) is 0.821. The topological polar surface area (TPSA) is 63.0 Å². The van der Waals surface area contributed by atoms with Crippen LogP contribution in [0.5, 0.6) is 0 Å². The van der Waals surface area contributed by atoms with Crippen LogP contribution in [0.15, 0.2) is 23.0 Å². The van der Waals surface area contributed by atoms with Crippen molar-refractivity contribution in [2.45, 2.75) is 19.6 Å². The molecule has 2 fully saturated rings. The number of nitrogens with zero attached hydrogens (tertiary/aromatic N) is 2. The molecule has 2 atom stereocenters. The highest BCUT2D eigenvalue weighted by Gasteiger charge is 2.40. The van der Waals surface area contributed by atoms with E-state index in [1.165, 1.54) is 0 Å². The molecule has 0 N–H and O–H groups in total. The first-order valence-electron chi connectivity index (χ1n) is 7.41. The Hall–Kier alpha value is -0.890. The number of furan rings is 1. The molecule has 2 aliphatic heterocycles. The van der Waals surface area contributed by atoms with Crippen LogP contribution in [0.3, 0.4) is 0 Å². The van der Waals surface area contributed by atoms with E-state index < -0.39 is 10.0 Å². The second-order valence-corrected chi connectivity index (χ2v) is 8.01. The number of hydrogen-bond acceptors (Lipinski definition) is 5. The minimum Gasteiger partial charge on any atom is -0.472 e. The maximum atomic E-state index is 12.0. The average molecular weight is 314 g/mol. The predicted octanol–water partition coefficient (Wildman–Crippen LogP) is 0.762. The second-order valence-electron chi connectivity index (χ2n) is 5.75. The maximum Gasteiger partial charge on any atom is 0.213 e. The van der Waals surface area contributed by atoms with Gasteiger partial charge in [0.15, 0.2) is 0 Å². The fourth-order valence-corrected chi connectivity index (χ4v) is 4.28. The molecule has 118 valence electrons. The Bertz CT molecular complexity index is 558. The third kappa shape index (κ3) is 3.31. The highest BCUT2D eigenvalue weighted by molar-refractivity contribution is 7.89. The van der Waals surface area contributed by atoms with E-state index in [0.29, 0.717) is 19.7 Å². The van der Waals surface area contributed by atoms with E-state index in [1.807, 2.05) is 6.07 Å². The monoisotopic (exact) mass is 314 g/mol. The molecule has 1 aromatic rings. The largest absolute Gasteiger partial charge is 0.472 e. The fourth-order valence-electron chi connectivity index (χ4n) is 3.12. The Kier molecular flexibility index (Phi) is 4.35. The maximum absolute atomic E-state index is 12.0. The van der Waals surface area contributed by atoms with E-state index in [0.717, 1.165) is 25.2 Å². The molecule has 0 aromatic carbocycles. The summed E-state index contributed by atoms with van der Waals surface area (Å²) in [6.45, 7) is 5.98. The van der Waals surface area contributed by atoms with Gasteiger partial charge in [-0.25, -0.2) is 8.42 Å². The minimum absolute atomic E-state index is 0.0284. The summed E-state index contributed by atoms with van der Waals surface area (Å²) in [6.07, 6.45) is 3.46. The van der Waals surface area contributed by atoms with E-state index >= 15 is 0 Å². The summed E-state index contributed by atoms with van der Waals surface area (Å²) in [4.78, 5) is 2.32. The van der Waals surface area contributed by atoms with Gasteiger partial charge in [0.05, 0.1) is 31.0 Å². The molecule has 21 heavy (non-hydrogen) atoms. The molecule has 0 aliphatic carbocycles. The van der Waals surface area contributed by atoms with Crippen molar-refractivity contribution in [3.63, 3.8) is 0 Å². The summed E-state index contributed by atoms with van der Waals surface area (Å²) < 4.78 is 36.6. The van der Waals surface area contributed by atoms with Gasteiger partial charge in [-0.15, -0.1) is 0 Å². The molecule has 1 aromatic heterocycles.